The average molecular weight is 934 g/mol. The van der Waals surface area contributed by atoms with Crippen molar-refractivity contribution in [2.24, 2.45) is 0 Å². The Hall–Kier alpha value is -1.66. The lowest BCUT2D eigenvalue weighted by molar-refractivity contribution is 0.511. The Balaban J connectivity index is 1.40. The van der Waals surface area contributed by atoms with E-state index >= 15 is 0 Å². The minimum absolute atomic E-state index is 0.263. The first-order chi connectivity index (χ1) is 29.4. The molecule has 0 fully saturated rings. The van der Waals surface area contributed by atoms with Crippen LogP contribution in [-0.4, -0.2) is 38.8 Å². The molecule has 2 aromatic carbocycles. The molecule has 11 heteroatoms. The number of nitrogens with zero attached hydrogens (tertiary/aromatic N) is 2. The van der Waals surface area contributed by atoms with E-state index in [1.165, 1.54) is 128 Å². The lowest BCUT2D eigenvalue weighted by Crippen LogP contribution is -2.22. The molecule has 0 radical (unpaired) electrons. The Morgan fingerprint density at radius 2 is 0.754 bits per heavy atom. The summed E-state index contributed by atoms with van der Waals surface area (Å²) in [5.41, 5.74) is 2.02. The van der Waals surface area contributed by atoms with Crippen LogP contribution in [0.1, 0.15) is 207 Å². The van der Waals surface area contributed by atoms with Gasteiger partial charge in [-0.1, -0.05) is 241 Å². The number of hydrogen-bond donors (Lipinski definition) is 0. The third-order valence-electron chi connectivity index (χ3n) is 11.8. The molecule has 1 aromatic heterocycles. The highest BCUT2D eigenvalue weighted by molar-refractivity contribution is 7.90. The van der Waals surface area contributed by atoms with Gasteiger partial charge in [0, 0.05) is 9.79 Å². The van der Waals surface area contributed by atoms with Gasteiger partial charge < -0.3 is 8.42 Å². The molecule has 0 aliphatic heterocycles. The van der Waals surface area contributed by atoms with Crippen molar-refractivity contribution in [3.8, 4) is 0 Å². The highest BCUT2D eigenvalue weighted by atomic mass is 32.2. The van der Waals surface area contributed by atoms with Crippen molar-refractivity contribution in [3.05, 3.63) is 59.7 Å². The first-order valence-corrected chi connectivity index (χ1v) is 29.2. The molecule has 0 aliphatic carbocycles. The highest BCUT2D eigenvalue weighted by Crippen LogP contribution is 2.27. The Morgan fingerprint density at radius 1 is 0.475 bits per heavy atom. The predicted molar refractivity (Wildman–Crippen MR) is 268 cm³/mol. The zero-order valence-electron chi connectivity index (χ0n) is 38.7. The van der Waals surface area contributed by atoms with Crippen molar-refractivity contribution in [1.29, 1.82) is 0 Å². The fourth-order valence-electron chi connectivity index (χ4n) is 7.47. The summed E-state index contributed by atoms with van der Waals surface area (Å²) in [6.07, 6.45) is 31.8. The predicted octanol–water partition coefficient (Wildman–Crippen LogP) is 14.4. The van der Waals surface area contributed by atoms with Crippen LogP contribution in [0.25, 0.3) is 0 Å². The van der Waals surface area contributed by atoms with Crippen molar-refractivity contribution in [1.82, 2.24) is 10.2 Å². The first kappa shape index (κ1) is 53.7. The van der Waals surface area contributed by atoms with Crippen molar-refractivity contribution in [3.63, 3.8) is 0 Å². The molecule has 61 heavy (non-hydrogen) atoms. The molecule has 0 spiro atoms. The van der Waals surface area contributed by atoms with Gasteiger partial charge in [0.05, 0.1) is 0 Å². The first-order valence-electron chi connectivity index (χ1n) is 23.7. The molecule has 0 bridgehead atoms. The Morgan fingerprint density at radius 3 is 1.05 bits per heavy atom. The summed E-state index contributed by atoms with van der Waals surface area (Å²) in [6.45, 7) is 12.9. The van der Waals surface area contributed by atoms with Crippen molar-refractivity contribution in [2.45, 2.75) is 236 Å². The van der Waals surface area contributed by atoms with E-state index in [-0.39, 0.29) is 9.49 Å². The summed E-state index contributed by atoms with van der Waals surface area (Å²) < 4.78 is 53.3. The molecule has 0 saturated carbocycles. The van der Waals surface area contributed by atoms with Gasteiger partial charge in [-0.2, -0.15) is 10.7 Å². The second-order valence-corrected chi connectivity index (χ2v) is 26.4. The maximum Gasteiger partial charge on any atom is 0.210 e. The maximum atomic E-state index is 13.4. The molecule has 3 rings (SSSR count). The molecule has 346 valence electrons. The normalized spacial score (nSPS) is 14.4. The second kappa shape index (κ2) is 30.5. The number of rotatable bonds is 34. The van der Waals surface area contributed by atoms with Crippen LogP contribution in [0, 0.1) is 0 Å². The van der Waals surface area contributed by atoms with Gasteiger partial charge in [-0.3, -0.25) is 20.8 Å². The topological polar surface area (TPSA) is 94.1 Å². The van der Waals surface area contributed by atoms with Crippen molar-refractivity contribution < 1.29 is 16.8 Å². The quantitative estimate of drug-likeness (QED) is 0.0336. The molecular weight excluding hydrogens is 853 g/mol. The van der Waals surface area contributed by atoms with Gasteiger partial charge in [-0.05, 0) is 48.2 Å². The van der Waals surface area contributed by atoms with Crippen LogP contribution < -0.4 is 0 Å². The number of hydrogen-bond acceptors (Lipinski definition) is 9. The molecule has 0 N–H and O–H groups in total. The monoisotopic (exact) mass is 932 g/mol. The lowest BCUT2D eigenvalue weighted by atomic mass is 10.0. The van der Waals surface area contributed by atoms with Crippen LogP contribution >= 0.6 is 11.3 Å². The van der Waals surface area contributed by atoms with E-state index < -0.39 is 42.4 Å². The fourth-order valence-corrected chi connectivity index (χ4v) is 13.3. The summed E-state index contributed by atoms with van der Waals surface area (Å²) in [7, 11) is -5.25. The Kier molecular flexibility index (Phi) is 26.8. The van der Waals surface area contributed by atoms with Gasteiger partial charge in [0.2, 0.25) is 8.68 Å². The number of benzene rings is 2. The third kappa shape index (κ3) is 21.3. The molecule has 0 amide bonds. The van der Waals surface area contributed by atoms with Gasteiger partial charge >= 0.3 is 0 Å². The highest BCUT2D eigenvalue weighted by Gasteiger charge is 2.19. The van der Waals surface area contributed by atoms with E-state index in [1.54, 1.807) is 0 Å². The lowest BCUT2D eigenvalue weighted by Gasteiger charge is -2.30. The van der Waals surface area contributed by atoms with E-state index in [2.05, 4.69) is 51.7 Å². The van der Waals surface area contributed by atoms with Gasteiger partial charge in [0.1, 0.15) is 21.6 Å². The zero-order valence-corrected chi connectivity index (χ0v) is 42.8. The molecule has 0 saturated heterocycles. The number of unbranched alkanes of at least 4 members (excludes halogenated alkanes) is 20. The minimum Gasteiger partial charge on any atom is -0.461 e. The van der Waals surface area contributed by atoms with Gasteiger partial charge in [-0.15, -0.1) is 10.2 Å². The van der Waals surface area contributed by atoms with E-state index in [4.69, 9.17) is 0 Å². The zero-order chi connectivity index (χ0) is 44.4. The molecular formula is C50H80N2O4S5-2. The number of aromatic nitrogens is 2. The molecule has 3 aromatic rings. The van der Waals surface area contributed by atoms with Gasteiger partial charge in [0.15, 0.2) is 0 Å². The standard InChI is InChI=1S/C50H80N2O4S5/c1-7-9-11-13-15-17-19-21-23-25-27-39-49(3,4)58(53)41-37-43-29-33-45(34-30-43)60(55)47-51-52-48(57-47)61(56)46-35-31-44(32-36-46)38-42-59(54)50(5,6)40-28-26-24-22-20-18-16-14-12-10-8-2/h29-36,41-42H,7-28,37-40H2,1-6H3/q-2. The summed E-state index contributed by atoms with van der Waals surface area (Å²) in [5.74, 6) is 0. The molecule has 1 heterocycles. The summed E-state index contributed by atoms with van der Waals surface area (Å²) in [4.78, 5) is 1.19. The van der Waals surface area contributed by atoms with E-state index in [1.807, 2.05) is 59.3 Å². The largest absolute Gasteiger partial charge is 0.461 e. The molecule has 2 unspecified atom stereocenters. The maximum absolute atomic E-state index is 13.4. The fraction of sp³-hybridized carbons (Fsp3) is 0.680. The van der Waals surface area contributed by atoms with Crippen LogP contribution in [0.5, 0.6) is 0 Å². The molecule has 6 nitrogen and oxygen atoms in total. The summed E-state index contributed by atoms with van der Waals surface area (Å²) >= 11 is 1.10. The van der Waals surface area contributed by atoms with E-state index in [0.29, 0.717) is 31.3 Å². The van der Waals surface area contributed by atoms with Gasteiger partial charge in [0.25, 0.3) is 0 Å². The van der Waals surface area contributed by atoms with Crippen LogP contribution in [-0.2, 0) is 63.6 Å². The van der Waals surface area contributed by atoms with Crippen LogP contribution in [0.4, 0.5) is 0 Å². The van der Waals surface area contributed by atoms with E-state index in [9.17, 15) is 16.8 Å². The van der Waals surface area contributed by atoms with Crippen LogP contribution in [0.15, 0.2) is 67.0 Å². The average Bonchev–Trinajstić information content (AvgIpc) is 3.76. The van der Waals surface area contributed by atoms with Crippen LogP contribution in [0.3, 0.4) is 0 Å². The molecule has 2 atom stereocenters. The van der Waals surface area contributed by atoms with Gasteiger partial charge in [-0.25, -0.2) is 8.42 Å². The minimum atomic E-state index is -1.56. The Labute approximate surface area is 385 Å². The van der Waals surface area contributed by atoms with Crippen molar-refractivity contribution >= 4 is 64.4 Å². The summed E-state index contributed by atoms with van der Waals surface area (Å²) in [5, 5.41) is 12.1. The second-order valence-electron chi connectivity index (χ2n) is 18.1. The SMILES string of the molecule is CCCCCCCCCCCCCC(C)(C)/[S-](=O)=C/Cc1ccc(S(=O)c2nnc(S(=O)c3ccc(C/C=[S-](=O)/C(C)(C)CCCCCCCCCCCCC)cc3)s2)cc1. The van der Waals surface area contributed by atoms with E-state index in [0.717, 1.165) is 48.1 Å². The smallest absolute Gasteiger partial charge is 0.210 e. The summed E-state index contributed by atoms with van der Waals surface area (Å²) in [6, 6.07) is 15.0. The van der Waals surface area contributed by atoms with Crippen LogP contribution in [0.2, 0.25) is 0 Å². The Bertz CT molecular complexity index is 1740. The molecule has 0 aliphatic rings. The third-order valence-corrected chi connectivity index (χ3v) is 19.4. The van der Waals surface area contributed by atoms with Crippen molar-refractivity contribution in [2.75, 3.05) is 0 Å².